The van der Waals surface area contributed by atoms with Gasteiger partial charge >= 0.3 is 0 Å². The van der Waals surface area contributed by atoms with Crippen molar-refractivity contribution in [1.29, 1.82) is 0 Å². The molecule has 0 bridgehead atoms. The van der Waals surface area contributed by atoms with Gasteiger partial charge in [-0.1, -0.05) is 12.1 Å². The molecule has 2 N–H and O–H groups in total. The maximum absolute atomic E-state index is 5.45. The van der Waals surface area contributed by atoms with E-state index in [0.717, 1.165) is 34.5 Å². The van der Waals surface area contributed by atoms with Crippen LogP contribution in [-0.4, -0.2) is 24.6 Å². The lowest BCUT2D eigenvalue weighted by Gasteiger charge is -2.11. The van der Waals surface area contributed by atoms with Crippen molar-refractivity contribution in [3.63, 3.8) is 0 Å². The summed E-state index contributed by atoms with van der Waals surface area (Å²) in [4.78, 5) is 10.5. The van der Waals surface area contributed by atoms with Crippen LogP contribution >= 0.6 is 11.3 Å². The second-order valence-electron chi connectivity index (χ2n) is 5.61. The molecule has 0 atom stereocenters. The molecular weight excluding hydrogens is 320 g/mol. The van der Waals surface area contributed by atoms with E-state index in [4.69, 9.17) is 4.74 Å². The second kappa shape index (κ2) is 8.68. The number of aryl methyl sites for hydroxylation is 3. The van der Waals surface area contributed by atoms with Gasteiger partial charge in [0, 0.05) is 17.0 Å². The van der Waals surface area contributed by atoms with E-state index in [2.05, 4.69) is 53.5 Å². The summed E-state index contributed by atoms with van der Waals surface area (Å²) in [6, 6.07) is 6.18. The van der Waals surface area contributed by atoms with Gasteiger partial charge in [0.25, 0.3) is 0 Å². The highest BCUT2D eigenvalue weighted by molar-refractivity contribution is 7.11. The number of aliphatic imine (C=N–C) groups is 1. The number of nitrogens with one attached hydrogen (secondary N) is 2. The lowest BCUT2D eigenvalue weighted by molar-refractivity contribution is 0.409. The van der Waals surface area contributed by atoms with Gasteiger partial charge in [-0.25, -0.2) is 9.98 Å². The predicted molar refractivity (Wildman–Crippen MR) is 101 cm³/mol. The van der Waals surface area contributed by atoms with Crippen LogP contribution in [0.2, 0.25) is 0 Å². The molecule has 0 radical (unpaired) electrons. The van der Waals surface area contributed by atoms with Crippen molar-refractivity contribution in [2.24, 2.45) is 4.99 Å². The zero-order chi connectivity index (χ0) is 17.5. The first kappa shape index (κ1) is 18.3. The fourth-order valence-corrected chi connectivity index (χ4v) is 3.14. The molecule has 0 aliphatic rings. The number of thiazole rings is 1. The van der Waals surface area contributed by atoms with Crippen LogP contribution in [0.15, 0.2) is 23.2 Å². The number of nitrogens with zero attached hydrogens (tertiary/aromatic N) is 2. The first-order chi connectivity index (χ1) is 11.5. The molecule has 0 fully saturated rings. The summed E-state index contributed by atoms with van der Waals surface area (Å²) >= 11 is 1.72. The van der Waals surface area contributed by atoms with E-state index in [-0.39, 0.29) is 0 Å². The fourth-order valence-electron chi connectivity index (χ4n) is 2.26. The van der Waals surface area contributed by atoms with Crippen LogP contribution in [0.3, 0.4) is 0 Å². The van der Waals surface area contributed by atoms with Gasteiger partial charge in [-0.2, -0.15) is 0 Å². The normalized spacial score (nSPS) is 11.5. The molecule has 0 saturated heterocycles. The van der Waals surface area contributed by atoms with Crippen molar-refractivity contribution in [2.75, 3.05) is 13.7 Å². The van der Waals surface area contributed by atoms with Gasteiger partial charge in [-0.05, 0) is 39.3 Å². The van der Waals surface area contributed by atoms with E-state index in [1.54, 1.807) is 18.4 Å². The average Bonchev–Trinajstić information content (AvgIpc) is 2.89. The van der Waals surface area contributed by atoms with Gasteiger partial charge in [0.1, 0.15) is 10.8 Å². The van der Waals surface area contributed by atoms with E-state index in [1.165, 1.54) is 10.4 Å². The van der Waals surface area contributed by atoms with Crippen molar-refractivity contribution in [3.05, 3.63) is 44.9 Å². The van der Waals surface area contributed by atoms with Crippen molar-refractivity contribution in [2.45, 2.75) is 40.8 Å². The molecule has 1 aromatic carbocycles. The van der Waals surface area contributed by atoms with Crippen LogP contribution in [0.25, 0.3) is 0 Å². The van der Waals surface area contributed by atoms with Crippen molar-refractivity contribution in [3.8, 4) is 5.75 Å². The van der Waals surface area contributed by atoms with Gasteiger partial charge in [-0.15, -0.1) is 11.3 Å². The quantitative estimate of drug-likeness (QED) is 0.622. The van der Waals surface area contributed by atoms with Crippen LogP contribution in [0.4, 0.5) is 0 Å². The molecule has 2 aromatic rings. The van der Waals surface area contributed by atoms with Crippen molar-refractivity contribution in [1.82, 2.24) is 15.6 Å². The van der Waals surface area contributed by atoms with Crippen LogP contribution in [-0.2, 0) is 13.1 Å². The summed E-state index contributed by atoms with van der Waals surface area (Å²) in [6.45, 7) is 10.3. The maximum atomic E-state index is 5.45. The largest absolute Gasteiger partial charge is 0.496 e. The molecule has 0 saturated carbocycles. The van der Waals surface area contributed by atoms with Crippen LogP contribution in [0.1, 0.15) is 33.6 Å². The highest BCUT2D eigenvalue weighted by atomic mass is 32.1. The fraction of sp³-hybridized carbons (Fsp3) is 0.444. The molecule has 0 aliphatic heterocycles. The van der Waals surface area contributed by atoms with E-state index in [0.29, 0.717) is 13.1 Å². The Labute approximate surface area is 148 Å². The molecule has 0 spiro atoms. The number of benzene rings is 1. The standard InChI is InChI=1S/C18H26N4OS/c1-6-19-18(21-11-17-22-13(3)14(4)24-17)20-10-15-8-7-12(2)9-16(15)23-5/h7-9H,6,10-11H2,1-5H3,(H2,19,20,21). The number of aromatic nitrogens is 1. The third kappa shape index (κ3) is 4.96. The maximum Gasteiger partial charge on any atom is 0.191 e. The minimum Gasteiger partial charge on any atom is -0.496 e. The molecular formula is C18H26N4OS. The number of guanidine groups is 1. The van der Waals surface area contributed by atoms with Crippen LogP contribution < -0.4 is 15.4 Å². The SMILES string of the molecule is CCNC(=NCc1ccc(C)cc1OC)NCc1nc(C)c(C)s1. The number of hydrogen-bond donors (Lipinski definition) is 2. The molecule has 1 aromatic heterocycles. The minimum atomic E-state index is 0.564. The third-order valence-corrected chi connectivity index (χ3v) is 4.75. The number of ether oxygens (including phenoxy) is 1. The number of rotatable bonds is 6. The van der Waals surface area contributed by atoms with Gasteiger partial charge in [0.15, 0.2) is 5.96 Å². The molecule has 0 amide bonds. The van der Waals surface area contributed by atoms with E-state index in [1.807, 2.05) is 13.0 Å². The van der Waals surface area contributed by atoms with Gasteiger partial charge in [-0.3, -0.25) is 0 Å². The molecule has 6 heteroatoms. The Balaban J connectivity index is 2.05. The Hall–Kier alpha value is -2.08. The zero-order valence-electron chi connectivity index (χ0n) is 15.1. The predicted octanol–water partition coefficient (Wildman–Crippen LogP) is 3.33. The van der Waals surface area contributed by atoms with Crippen molar-refractivity contribution < 1.29 is 4.74 Å². The molecule has 24 heavy (non-hydrogen) atoms. The highest BCUT2D eigenvalue weighted by Gasteiger charge is 2.06. The molecule has 0 aliphatic carbocycles. The molecule has 0 unspecified atom stereocenters. The summed E-state index contributed by atoms with van der Waals surface area (Å²) in [5.41, 5.74) is 3.35. The summed E-state index contributed by atoms with van der Waals surface area (Å²) in [7, 11) is 1.69. The number of methoxy groups -OCH3 is 1. The van der Waals surface area contributed by atoms with Gasteiger partial charge < -0.3 is 15.4 Å². The number of hydrogen-bond acceptors (Lipinski definition) is 4. The van der Waals surface area contributed by atoms with Crippen molar-refractivity contribution >= 4 is 17.3 Å². The van der Waals surface area contributed by atoms with E-state index >= 15 is 0 Å². The molecule has 130 valence electrons. The van der Waals surface area contributed by atoms with Gasteiger partial charge in [0.05, 0.1) is 25.9 Å². The summed E-state index contributed by atoms with van der Waals surface area (Å²) in [5, 5.41) is 7.68. The Morgan fingerprint density at radius 2 is 2.04 bits per heavy atom. The summed E-state index contributed by atoms with van der Waals surface area (Å²) in [6.07, 6.45) is 0. The first-order valence-corrected chi connectivity index (χ1v) is 8.93. The summed E-state index contributed by atoms with van der Waals surface area (Å²) in [5.74, 6) is 1.66. The Kier molecular flexibility index (Phi) is 6.61. The topological polar surface area (TPSA) is 58.5 Å². The third-order valence-electron chi connectivity index (χ3n) is 3.67. The lowest BCUT2D eigenvalue weighted by atomic mass is 10.1. The average molecular weight is 347 g/mol. The smallest absolute Gasteiger partial charge is 0.191 e. The van der Waals surface area contributed by atoms with E-state index < -0.39 is 0 Å². The Bertz CT molecular complexity index is 690. The lowest BCUT2D eigenvalue weighted by Crippen LogP contribution is -2.36. The Morgan fingerprint density at radius 1 is 1.25 bits per heavy atom. The van der Waals surface area contributed by atoms with E-state index in [9.17, 15) is 0 Å². The molecule has 2 rings (SSSR count). The highest BCUT2D eigenvalue weighted by Crippen LogP contribution is 2.20. The molecule has 5 nitrogen and oxygen atoms in total. The monoisotopic (exact) mass is 346 g/mol. The Morgan fingerprint density at radius 3 is 2.67 bits per heavy atom. The van der Waals surface area contributed by atoms with Gasteiger partial charge in [0.2, 0.25) is 0 Å². The molecule has 1 heterocycles. The van der Waals surface area contributed by atoms with Crippen LogP contribution in [0.5, 0.6) is 5.75 Å². The first-order valence-electron chi connectivity index (χ1n) is 8.12. The zero-order valence-corrected chi connectivity index (χ0v) is 15.9. The van der Waals surface area contributed by atoms with Crippen LogP contribution in [0, 0.1) is 20.8 Å². The second-order valence-corrected chi connectivity index (χ2v) is 6.90. The summed E-state index contributed by atoms with van der Waals surface area (Å²) < 4.78 is 5.45. The minimum absolute atomic E-state index is 0.564.